The molecule has 0 atom stereocenters. The molecule has 0 N–H and O–H groups in total. The number of aromatic nitrogens is 2. The van der Waals surface area contributed by atoms with Crippen molar-refractivity contribution >= 4 is 65.9 Å². The van der Waals surface area contributed by atoms with Gasteiger partial charge in [0.15, 0.2) is 17.1 Å². The summed E-state index contributed by atoms with van der Waals surface area (Å²) in [5, 5.41) is 53.4. The molecule has 6 rings (SSSR count). The summed E-state index contributed by atoms with van der Waals surface area (Å²) in [6, 6.07) is 11.9. The van der Waals surface area contributed by atoms with Crippen LogP contribution in [0.4, 0.5) is 11.4 Å². The van der Waals surface area contributed by atoms with E-state index in [2.05, 4.69) is 24.5 Å². The molecule has 47 heavy (non-hydrogen) atoms. The standard InChI is InChI=1S/C36H10N10S/c1-42-25-8-21(14-39)31(22(9-25)15-40)29(16-41)23-10-27-26-4-5-47-36(26)28-11-24(18-46-35(28)34(27)45-17-23)33(44-3)32-20(13-38)6-19(12-37)7-30(32)43-2/h4-11,17-18H/b29-23+,33-24+/i6D,7D,8D,9D. The van der Waals surface area contributed by atoms with Crippen LogP contribution in [0.2, 0.25) is 0 Å². The molecule has 0 aliphatic rings. The lowest BCUT2D eigenvalue weighted by atomic mass is 9.93. The first-order valence-electron chi connectivity index (χ1n) is 15.0. The average molecular weight is 619 g/mol. The molecule has 0 aliphatic carbocycles. The van der Waals surface area contributed by atoms with Crippen molar-refractivity contribution in [2.45, 2.75) is 0 Å². The highest BCUT2D eigenvalue weighted by Crippen LogP contribution is 2.36. The zero-order chi connectivity index (χ0) is 36.7. The third kappa shape index (κ3) is 4.58. The summed E-state index contributed by atoms with van der Waals surface area (Å²) in [6.07, 6.45) is 2.66. The fourth-order valence-corrected chi connectivity index (χ4v) is 6.10. The lowest BCUT2D eigenvalue weighted by Crippen LogP contribution is -2.11. The number of rotatable bonds is 2. The Morgan fingerprint density at radius 1 is 0.745 bits per heavy atom. The van der Waals surface area contributed by atoms with E-state index in [4.69, 9.17) is 25.2 Å². The second-order valence-corrected chi connectivity index (χ2v) is 10.4. The quantitative estimate of drug-likeness (QED) is 0.161. The maximum Gasteiger partial charge on any atom is 0.194 e. The van der Waals surface area contributed by atoms with E-state index in [1.807, 2.05) is 24.3 Å². The van der Waals surface area contributed by atoms with Crippen molar-refractivity contribution in [1.29, 1.82) is 26.3 Å². The van der Waals surface area contributed by atoms with Crippen LogP contribution in [-0.2, 0) is 0 Å². The first-order chi connectivity index (χ1) is 24.6. The topological polar surface area (TPSA) is 158 Å². The number of benzene rings is 3. The zero-order valence-corrected chi connectivity index (χ0v) is 24.2. The van der Waals surface area contributed by atoms with Crippen molar-refractivity contribution in [3.05, 3.63) is 138 Å². The van der Waals surface area contributed by atoms with E-state index >= 15 is 0 Å². The van der Waals surface area contributed by atoms with Crippen LogP contribution in [0.1, 0.15) is 38.9 Å². The van der Waals surface area contributed by atoms with E-state index in [1.165, 1.54) is 23.7 Å². The molecule has 11 heteroatoms. The first kappa shape index (κ1) is 24.5. The largest absolute Gasteiger partial charge is 0.255 e. The van der Waals surface area contributed by atoms with Crippen LogP contribution in [0, 0.1) is 76.4 Å². The second kappa shape index (κ2) is 11.6. The molecular formula is C36H10N10S. The summed E-state index contributed by atoms with van der Waals surface area (Å²) in [4.78, 5) is 19.3. The minimum Gasteiger partial charge on any atom is -0.255 e. The normalized spacial score (nSPS) is 12.7. The maximum absolute atomic E-state index is 10.3. The Bertz CT molecular complexity index is 2840. The van der Waals surface area contributed by atoms with Gasteiger partial charge in [-0.3, -0.25) is 9.97 Å². The Hall–Kier alpha value is -7.90. The van der Waals surface area contributed by atoms with Gasteiger partial charge in [-0.2, -0.15) is 26.3 Å². The summed E-state index contributed by atoms with van der Waals surface area (Å²) in [6.45, 7) is 23.0. The summed E-state index contributed by atoms with van der Waals surface area (Å²) < 4.78 is 34.1. The molecule has 0 spiro atoms. The van der Waals surface area contributed by atoms with Gasteiger partial charge >= 0.3 is 0 Å². The highest BCUT2D eigenvalue weighted by atomic mass is 32.1. The number of nitriles is 5. The molecule has 0 radical (unpaired) electrons. The van der Waals surface area contributed by atoms with E-state index in [9.17, 15) is 26.3 Å². The van der Waals surface area contributed by atoms with E-state index in [-0.39, 0.29) is 32.8 Å². The van der Waals surface area contributed by atoms with Crippen molar-refractivity contribution in [2.24, 2.45) is 0 Å². The number of hydrogen-bond donors (Lipinski definition) is 0. The highest BCUT2D eigenvalue weighted by Gasteiger charge is 2.20. The number of fused-ring (bicyclic) bond motifs is 6. The van der Waals surface area contributed by atoms with Gasteiger partial charge in [0.2, 0.25) is 0 Å². The molecule has 10 nitrogen and oxygen atoms in total. The zero-order valence-electron chi connectivity index (χ0n) is 27.3. The van der Waals surface area contributed by atoms with Crippen LogP contribution in [0.5, 0.6) is 0 Å². The lowest BCUT2D eigenvalue weighted by Gasteiger charge is -2.10. The van der Waals surface area contributed by atoms with Gasteiger partial charge in [-0.1, -0.05) is 6.07 Å². The highest BCUT2D eigenvalue weighted by molar-refractivity contribution is 7.18. The number of hydrogen-bond acceptors (Lipinski definition) is 8. The fraction of sp³-hybridized carbons (Fsp3) is 0. The van der Waals surface area contributed by atoms with Crippen molar-refractivity contribution in [3.63, 3.8) is 0 Å². The molecule has 3 aromatic carbocycles. The van der Waals surface area contributed by atoms with Gasteiger partial charge in [0.1, 0.15) is 6.07 Å². The third-order valence-corrected chi connectivity index (χ3v) is 8.06. The molecule has 0 unspecified atom stereocenters. The van der Waals surface area contributed by atoms with Crippen LogP contribution in [0.15, 0.2) is 60.1 Å². The number of thiophene rings is 1. The molecule has 6 aromatic rings. The smallest absolute Gasteiger partial charge is 0.194 e. The summed E-state index contributed by atoms with van der Waals surface area (Å²) >= 11 is 1.33. The Kier molecular flexibility index (Phi) is 6.08. The molecule has 0 saturated carbocycles. The van der Waals surface area contributed by atoms with Gasteiger partial charge < -0.3 is 0 Å². The van der Waals surface area contributed by atoms with Gasteiger partial charge in [0, 0.05) is 60.7 Å². The van der Waals surface area contributed by atoms with Crippen molar-refractivity contribution in [1.82, 2.24) is 9.97 Å². The molecule has 0 saturated heterocycles. The van der Waals surface area contributed by atoms with E-state index in [0.29, 0.717) is 31.9 Å². The SMILES string of the molecule is [2H]c1c(C#N)c([2H])c([N+]#[C-])c(/C([N+]#[C-])=c2\cnc3c(c2)c2sccc2c2c/c(=C(/C#N)c4c(C#N)c([2H])c([N+]#[C-])c([2H])c4C#N)cnc23)c1C#N. The number of pyridine rings is 2. The van der Waals surface area contributed by atoms with Gasteiger partial charge in [-0.25, -0.2) is 14.5 Å². The first-order valence-corrected chi connectivity index (χ1v) is 13.8. The Labute approximate surface area is 275 Å². The van der Waals surface area contributed by atoms with Crippen LogP contribution in [0.3, 0.4) is 0 Å². The second-order valence-electron chi connectivity index (χ2n) is 9.47. The third-order valence-electron chi connectivity index (χ3n) is 7.11. The van der Waals surface area contributed by atoms with Gasteiger partial charge in [-0.05, 0) is 46.9 Å². The Balaban J connectivity index is 1.74. The van der Waals surface area contributed by atoms with Gasteiger partial charge in [0.25, 0.3) is 0 Å². The Morgan fingerprint density at radius 3 is 1.98 bits per heavy atom. The van der Waals surface area contributed by atoms with Crippen molar-refractivity contribution in [3.8, 4) is 30.3 Å². The molecule has 210 valence electrons. The molecule has 0 bridgehead atoms. The van der Waals surface area contributed by atoms with E-state index < -0.39 is 57.8 Å². The summed E-state index contributed by atoms with van der Waals surface area (Å²) in [7, 11) is 0. The molecule has 3 heterocycles. The Morgan fingerprint density at radius 2 is 1.38 bits per heavy atom. The molecule has 3 aromatic heterocycles. The monoisotopic (exact) mass is 618 g/mol. The lowest BCUT2D eigenvalue weighted by molar-refractivity contribution is 1.33. The molecule has 0 amide bonds. The van der Waals surface area contributed by atoms with Crippen LogP contribution in [0.25, 0.3) is 57.7 Å². The predicted octanol–water partition coefficient (Wildman–Crippen LogP) is 6.38. The van der Waals surface area contributed by atoms with Crippen LogP contribution in [-0.4, -0.2) is 9.97 Å². The average Bonchev–Trinajstić information content (AvgIpc) is 3.64. The minimum atomic E-state index is -0.570. The molecule has 0 fully saturated rings. The van der Waals surface area contributed by atoms with Crippen molar-refractivity contribution in [2.75, 3.05) is 0 Å². The maximum atomic E-state index is 10.3. The summed E-state index contributed by atoms with van der Waals surface area (Å²) in [5.74, 6) is 0. The number of nitrogens with zero attached hydrogens (tertiary/aromatic N) is 10. The predicted molar refractivity (Wildman–Crippen MR) is 173 cm³/mol. The molecule has 0 aliphatic heterocycles. The van der Waals surface area contributed by atoms with Crippen LogP contribution < -0.4 is 10.4 Å². The molecular weight excluding hydrogens is 605 g/mol. The van der Waals surface area contributed by atoms with Gasteiger partial charge in [0.05, 0.1) is 77.2 Å². The van der Waals surface area contributed by atoms with Gasteiger partial charge in [-0.15, -0.1) is 11.3 Å². The minimum absolute atomic E-state index is 0.174. The van der Waals surface area contributed by atoms with Crippen molar-refractivity contribution < 1.29 is 5.48 Å². The van der Waals surface area contributed by atoms with E-state index in [1.54, 1.807) is 29.6 Å². The fourth-order valence-electron chi connectivity index (χ4n) is 5.17. The van der Waals surface area contributed by atoms with E-state index in [0.717, 1.165) is 0 Å². The van der Waals surface area contributed by atoms with Crippen LogP contribution >= 0.6 is 11.3 Å². The summed E-state index contributed by atoms with van der Waals surface area (Å²) in [5.41, 5.74) is -2.69.